The van der Waals surface area contributed by atoms with Gasteiger partial charge in [-0.3, -0.25) is 0 Å². The molecule has 1 aliphatic rings. The highest BCUT2D eigenvalue weighted by atomic mass is 16.3. The fraction of sp³-hybridized carbons (Fsp3) is 0.545. The minimum Gasteiger partial charge on any atom is -0.466 e. The summed E-state index contributed by atoms with van der Waals surface area (Å²) in [6.45, 7) is 1.93. The molecule has 1 aromatic heterocycles. The van der Waals surface area contributed by atoms with Gasteiger partial charge in [-0.2, -0.15) is 0 Å². The second-order valence-corrected chi connectivity index (χ2v) is 3.85. The maximum Gasteiger partial charge on any atom is 0.123 e. The second-order valence-electron chi connectivity index (χ2n) is 3.85. The van der Waals surface area contributed by atoms with Crippen molar-refractivity contribution >= 4 is 6.29 Å². The highest BCUT2D eigenvalue weighted by Gasteiger charge is 2.31. The molecule has 0 N–H and O–H groups in total. The molecule has 1 saturated carbocycles. The minimum absolute atomic E-state index is 0.186. The van der Waals surface area contributed by atoms with Gasteiger partial charge in [0.05, 0.1) is 0 Å². The summed E-state index contributed by atoms with van der Waals surface area (Å²) in [4.78, 5) is 10.8. The average molecular weight is 178 g/mol. The lowest BCUT2D eigenvalue weighted by molar-refractivity contribution is -0.111. The fourth-order valence-electron chi connectivity index (χ4n) is 1.68. The summed E-state index contributed by atoms with van der Waals surface area (Å²) in [5.41, 5.74) is 0. The first-order valence-electron chi connectivity index (χ1n) is 4.80. The number of hydrogen-bond donors (Lipinski definition) is 0. The van der Waals surface area contributed by atoms with Crippen molar-refractivity contribution in [1.29, 1.82) is 0 Å². The van der Waals surface area contributed by atoms with E-state index in [-0.39, 0.29) is 5.92 Å². The van der Waals surface area contributed by atoms with Gasteiger partial charge >= 0.3 is 0 Å². The van der Waals surface area contributed by atoms with Crippen LogP contribution in [0.5, 0.6) is 0 Å². The molecule has 13 heavy (non-hydrogen) atoms. The number of hydrogen-bond acceptors (Lipinski definition) is 2. The maximum atomic E-state index is 10.8. The highest BCUT2D eigenvalue weighted by Crippen LogP contribution is 2.37. The summed E-state index contributed by atoms with van der Waals surface area (Å²) in [7, 11) is 0. The maximum absolute atomic E-state index is 10.8. The van der Waals surface area contributed by atoms with E-state index in [1.54, 1.807) is 0 Å². The zero-order valence-electron chi connectivity index (χ0n) is 7.82. The molecule has 70 valence electrons. The molecule has 0 bridgehead atoms. The van der Waals surface area contributed by atoms with Crippen LogP contribution in [0.2, 0.25) is 0 Å². The Labute approximate surface area is 77.9 Å². The number of aldehydes is 1. The number of furan rings is 1. The summed E-state index contributed by atoms with van der Waals surface area (Å²) < 4.78 is 5.43. The first kappa shape index (κ1) is 8.54. The monoisotopic (exact) mass is 178 g/mol. The fourth-order valence-corrected chi connectivity index (χ4v) is 1.68. The van der Waals surface area contributed by atoms with Crippen molar-refractivity contribution in [3.8, 4) is 0 Å². The predicted molar refractivity (Wildman–Crippen MR) is 49.4 cm³/mol. The molecule has 2 rings (SSSR count). The molecule has 1 aromatic rings. The smallest absolute Gasteiger partial charge is 0.123 e. The first-order valence-corrected chi connectivity index (χ1v) is 4.80. The van der Waals surface area contributed by atoms with Gasteiger partial charge in [0.2, 0.25) is 0 Å². The van der Waals surface area contributed by atoms with E-state index in [0.29, 0.717) is 5.92 Å². The summed E-state index contributed by atoms with van der Waals surface area (Å²) in [5, 5.41) is 0. The van der Waals surface area contributed by atoms with E-state index < -0.39 is 0 Å². The Bertz CT molecular complexity index is 297. The number of aryl methyl sites for hydroxylation is 1. The van der Waals surface area contributed by atoms with Crippen LogP contribution in [0.4, 0.5) is 0 Å². The Morgan fingerprint density at radius 1 is 1.62 bits per heavy atom. The van der Waals surface area contributed by atoms with Gasteiger partial charge in [-0.25, -0.2) is 0 Å². The van der Waals surface area contributed by atoms with Crippen molar-refractivity contribution in [2.24, 2.45) is 11.8 Å². The Kier molecular flexibility index (Phi) is 2.21. The van der Waals surface area contributed by atoms with Crippen LogP contribution in [0.3, 0.4) is 0 Å². The van der Waals surface area contributed by atoms with E-state index >= 15 is 0 Å². The van der Waals surface area contributed by atoms with Crippen LogP contribution in [0.15, 0.2) is 16.5 Å². The van der Waals surface area contributed by atoms with Crippen LogP contribution < -0.4 is 0 Å². The third-order valence-electron chi connectivity index (χ3n) is 2.64. The SMILES string of the molecule is Cc1ccc(CC(C=O)C2CC2)o1. The number of rotatable bonds is 4. The van der Waals surface area contributed by atoms with E-state index in [9.17, 15) is 4.79 Å². The molecule has 0 aromatic carbocycles. The van der Waals surface area contributed by atoms with Crippen LogP contribution in [-0.2, 0) is 11.2 Å². The third kappa shape index (κ3) is 2.00. The van der Waals surface area contributed by atoms with Crippen LogP contribution >= 0.6 is 0 Å². The zero-order chi connectivity index (χ0) is 9.26. The van der Waals surface area contributed by atoms with Crippen molar-refractivity contribution in [2.45, 2.75) is 26.2 Å². The Morgan fingerprint density at radius 3 is 2.85 bits per heavy atom. The Morgan fingerprint density at radius 2 is 2.38 bits per heavy atom. The van der Waals surface area contributed by atoms with E-state index in [2.05, 4.69) is 0 Å². The van der Waals surface area contributed by atoms with Crippen molar-refractivity contribution in [1.82, 2.24) is 0 Å². The quantitative estimate of drug-likeness (QED) is 0.662. The van der Waals surface area contributed by atoms with Gasteiger partial charge in [0.15, 0.2) is 0 Å². The summed E-state index contributed by atoms with van der Waals surface area (Å²) >= 11 is 0. The molecule has 1 aliphatic carbocycles. The van der Waals surface area contributed by atoms with E-state index in [4.69, 9.17) is 4.42 Å². The largest absolute Gasteiger partial charge is 0.466 e. The molecule has 2 nitrogen and oxygen atoms in total. The molecule has 0 radical (unpaired) electrons. The lowest BCUT2D eigenvalue weighted by atomic mass is 10.0. The second kappa shape index (κ2) is 3.36. The number of carbonyl (C=O) groups is 1. The Balaban J connectivity index is 1.98. The summed E-state index contributed by atoms with van der Waals surface area (Å²) in [6.07, 6.45) is 4.28. The van der Waals surface area contributed by atoms with Crippen molar-refractivity contribution in [3.05, 3.63) is 23.7 Å². The molecule has 1 heterocycles. The highest BCUT2D eigenvalue weighted by molar-refractivity contribution is 5.55. The third-order valence-corrected chi connectivity index (χ3v) is 2.64. The molecule has 0 aliphatic heterocycles. The summed E-state index contributed by atoms with van der Waals surface area (Å²) in [5.74, 6) is 2.69. The molecule has 2 heteroatoms. The van der Waals surface area contributed by atoms with Gasteiger partial charge in [-0.15, -0.1) is 0 Å². The zero-order valence-corrected chi connectivity index (χ0v) is 7.82. The van der Waals surface area contributed by atoms with Crippen molar-refractivity contribution < 1.29 is 9.21 Å². The molecule has 0 saturated heterocycles. The summed E-state index contributed by atoms with van der Waals surface area (Å²) in [6, 6.07) is 3.91. The normalized spacial score (nSPS) is 18.5. The lowest BCUT2D eigenvalue weighted by Gasteiger charge is -2.04. The molecule has 1 fully saturated rings. The van der Waals surface area contributed by atoms with Gasteiger partial charge in [0.1, 0.15) is 17.8 Å². The van der Waals surface area contributed by atoms with Gasteiger partial charge in [0.25, 0.3) is 0 Å². The predicted octanol–water partition coefficient (Wildman–Crippen LogP) is 2.36. The standard InChI is InChI=1S/C11H14O2/c1-8-2-5-11(13-8)6-10(7-12)9-3-4-9/h2,5,7,9-10H,3-4,6H2,1H3. The van der Waals surface area contributed by atoms with Crippen LogP contribution in [0, 0.1) is 18.8 Å². The Hall–Kier alpha value is -1.05. The van der Waals surface area contributed by atoms with E-state index in [1.165, 1.54) is 12.8 Å². The van der Waals surface area contributed by atoms with Crippen LogP contribution in [0.25, 0.3) is 0 Å². The molecular formula is C11H14O2. The molecule has 1 unspecified atom stereocenters. The van der Waals surface area contributed by atoms with Gasteiger partial charge in [-0.05, 0) is 37.8 Å². The van der Waals surface area contributed by atoms with Gasteiger partial charge in [0, 0.05) is 12.3 Å². The molecule has 1 atom stereocenters. The number of carbonyl (C=O) groups excluding carboxylic acids is 1. The van der Waals surface area contributed by atoms with E-state index in [1.807, 2.05) is 19.1 Å². The molecule has 0 amide bonds. The minimum atomic E-state index is 0.186. The molecule has 0 spiro atoms. The van der Waals surface area contributed by atoms with Gasteiger partial charge < -0.3 is 9.21 Å². The van der Waals surface area contributed by atoms with E-state index in [0.717, 1.165) is 24.2 Å². The average Bonchev–Trinajstić information content (AvgIpc) is 2.87. The molecular weight excluding hydrogens is 164 g/mol. The van der Waals surface area contributed by atoms with Crippen LogP contribution in [0.1, 0.15) is 24.4 Å². The van der Waals surface area contributed by atoms with Crippen LogP contribution in [-0.4, -0.2) is 6.29 Å². The topological polar surface area (TPSA) is 30.2 Å². The lowest BCUT2D eigenvalue weighted by Crippen LogP contribution is -2.07. The van der Waals surface area contributed by atoms with Gasteiger partial charge in [-0.1, -0.05) is 0 Å². The van der Waals surface area contributed by atoms with Crippen molar-refractivity contribution in [2.75, 3.05) is 0 Å². The van der Waals surface area contributed by atoms with Crippen molar-refractivity contribution in [3.63, 3.8) is 0 Å². The first-order chi connectivity index (χ1) is 6.29.